The number of nitrogens with zero attached hydrogens (tertiary/aromatic N) is 2. The van der Waals surface area contributed by atoms with E-state index in [4.69, 9.17) is 0 Å². The maximum absolute atomic E-state index is 14.2. The van der Waals surface area contributed by atoms with Gasteiger partial charge in [-0.2, -0.15) is 18.4 Å². The van der Waals surface area contributed by atoms with Gasteiger partial charge in [0.25, 0.3) is 0 Å². The molecule has 0 aromatic heterocycles. The van der Waals surface area contributed by atoms with Gasteiger partial charge < -0.3 is 10.2 Å². The Morgan fingerprint density at radius 2 is 1.70 bits per heavy atom. The van der Waals surface area contributed by atoms with Crippen LogP contribution >= 0.6 is 0 Å². The van der Waals surface area contributed by atoms with E-state index in [-0.39, 0.29) is 45.7 Å². The van der Waals surface area contributed by atoms with Crippen LogP contribution in [0.2, 0.25) is 0 Å². The normalized spacial score (nSPS) is 14.3. The quantitative estimate of drug-likeness (QED) is 0.335. The first-order valence-corrected chi connectivity index (χ1v) is 15.6. The van der Waals surface area contributed by atoms with Crippen LogP contribution in [0, 0.1) is 17.2 Å². The first-order valence-electron chi connectivity index (χ1n) is 13.9. The highest BCUT2D eigenvalue weighted by atomic mass is 32.2. The van der Waals surface area contributed by atoms with E-state index in [0.717, 1.165) is 24.5 Å². The van der Waals surface area contributed by atoms with E-state index >= 15 is 0 Å². The average Bonchev–Trinajstić information content (AvgIpc) is 2.97. The minimum atomic E-state index is -4.73. The van der Waals surface area contributed by atoms with E-state index in [1.807, 2.05) is 0 Å². The lowest BCUT2D eigenvalue weighted by molar-refractivity contribution is -0.137. The molecule has 0 unspecified atom stereocenters. The molecule has 0 bridgehead atoms. The number of halogens is 3. The van der Waals surface area contributed by atoms with Crippen molar-refractivity contribution >= 4 is 27.3 Å². The summed E-state index contributed by atoms with van der Waals surface area (Å²) in [5.74, 6) is -0.320. The Hall–Kier alpha value is -4.17. The Bertz CT molecular complexity index is 1650. The highest BCUT2D eigenvalue weighted by molar-refractivity contribution is 7.91. The minimum absolute atomic E-state index is 0.0307. The number of likely N-dealkylation sites (tertiary alicyclic amines) is 1. The van der Waals surface area contributed by atoms with Crippen LogP contribution in [0.15, 0.2) is 65.6 Å². The van der Waals surface area contributed by atoms with Gasteiger partial charge in [0.05, 0.1) is 34.3 Å². The molecule has 11 heteroatoms. The third-order valence-electron chi connectivity index (χ3n) is 7.75. The Labute approximate surface area is 249 Å². The summed E-state index contributed by atoms with van der Waals surface area (Å²) in [6.07, 6.45) is -2.69. The maximum atomic E-state index is 14.2. The molecule has 1 aliphatic rings. The topological polar surface area (TPSA) is 107 Å². The smallest absolute Gasteiger partial charge is 0.343 e. The monoisotopic (exact) mass is 611 g/mol. The number of rotatable bonds is 8. The molecule has 1 saturated heterocycles. The van der Waals surface area contributed by atoms with Crippen LogP contribution in [0.25, 0.3) is 11.1 Å². The Kier molecular flexibility index (Phi) is 9.60. The molecule has 1 heterocycles. The van der Waals surface area contributed by atoms with Crippen LogP contribution in [0.3, 0.4) is 0 Å². The summed E-state index contributed by atoms with van der Waals surface area (Å²) in [5.41, 5.74) is 0.691. The molecule has 0 spiro atoms. The van der Waals surface area contributed by atoms with E-state index in [9.17, 15) is 36.4 Å². The molecule has 0 atom stereocenters. The summed E-state index contributed by atoms with van der Waals surface area (Å²) in [6, 6.07) is 16.2. The van der Waals surface area contributed by atoms with Crippen molar-refractivity contribution in [1.29, 1.82) is 5.26 Å². The second kappa shape index (κ2) is 13.0. The Morgan fingerprint density at radius 1 is 1.02 bits per heavy atom. The molecular formula is C32H32F3N3O4S. The largest absolute Gasteiger partial charge is 0.417 e. The maximum Gasteiger partial charge on any atom is 0.417 e. The lowest BCUT2D eigenvalue weighted by atomic mass is 9.87. The summed E-state index contributed by atoms with van der Waals surface area (Å²) in [6.45, 7) is 4.35. The number of carbonyl (C=O) groups excluding carboxylic acids is 2. The number of alkyl halides is 3. The highest BCUT2D eigenvalue weighted by Gasteiger charge is 2.34. The second-order valence-electron chi connectivity index (χ2n) is 10.7. The van der Waals surface area contributed by atoms with Gasteiger partial charge in [-0.3, -0.25) is 9.59 Å². The molecule has 226 valence electrons. The molecule has 1 fully saturated rings. The van der Waals surface area contributed by atoms with Gasteiger partial charge in [-0.05, 0) is 77.8 Å². The first kappa shape index (κ1) is 31.8. The third kappa shape index (κ3) is 7.82. The molecule has 4 rings (SSSR count). The van der Waals surface area contributed by atoms with Gasteiger partial charge in [0.1, 0.15) is 0 Å². The van der Waals surface area contributed by atoms with Crippen LogP contribution in [-0.2, 0) is 38.4 Å². The van der Waals surface area contributed by atoms with Crippen molar-refractivity contribution < 1.29 is 31.2 Å². The van der Waals surface area contributed by atoms with Crippen LogP contribution in [-0.4, -0.2) is 44.0 Å². The van der Waals surface area contributed by atoms with Gasteiger partial charge >= 0.3 is 6.18 Å². The number of anilines is 1. The average molecular weight is 612 g/mol. The van der Waals surface area contributed by atoms with Gasteiger partial charge in [0.15, 0.2) is 9.84 Å². The number of piperidine rings is 1. The standard InChI is InChI=1S/C32H32F3N3O4S/c1-3-43(41,42)28-9-4-22(5-10-28)17-31(40)37-27-8-11-29(30(19-27)32(33,34)35)25-7-6-24(26(18-25)20-36)16-23-12-14-38(15-13-23)21(2)39/h4-11,18-19,23H,3,12-17H2,1-2H3,(H,37,40). The summed E-state index contributed by atoms with van der Waals surface area (Å²) >= 11 is 0. The van der Waals surface area contributed by atoms with Crippen molar-refractivity contribution in [3.8, 4) is 17.2 Å². The van der Waals surface area contributed by atoms with Gasteiger partial charge in [0, 0.05) is 25.7 Å². The number of hydrogen-bond acceptors (Lipinski definition) is 5. The zero-order chi connectivity index (χ0) is 31.4. The van der Waals surface area contributed by atoms with Crippen LogP contribution in [0.4, 0.5) is 18.9 Å². The van der Waals surface area contributed by atoms with Crippen molar-refractivity contribution in [3.63, 3.8) is 0 Å². The summed E-state index contributed by atoms with van der Waals surface area (Å²) in [4.78, 5) is 26.1. The number of sulfone groups is 1. The van der Waals surface area contributed by atoms with Gasteiger partial charge in [-0.25, -0.2) is 8.42 Å². The zero-order valence-corrected chi connectivity index (χ0v) is 24.7. The van der Waals surface area contributed by atoms with Gasteiger partial charge in [0.2, 0.25) is 11.8 Å². The Morgan fingerprint density at radius 3 is 2.28 bits per heavy atom. The number of amides is 2. The molecule has 0 radical (unpaired) electrons. The molecule has 3 aromatic rings. The fourth-order valence-corrected chi connectivity index (χ4v) is 6.15. The van der Waals surface area contributed by atoms with Crippen molar-refractivity contribution in [2.45, 2.75) is 50.6 Å². The van der Waals surface area contributed by atoms with Crippen LogP contribution in [0.1, 0.15) is 48.9 Å². The number of carbonyl (C=O) groups is 2. The number of benzene rings is 3. The number of nitriles is 1. The molecule has 1 N–H and O–H groups in total. The molecule has 1 aliphatic heterocycles. The highest BCUT2D eigenvalue weighted by Crippen LogP contribution is 2.39. The van der Waals surface area contributed by atoms with Gasteiger partial charge in [-0.15, -0.1) is 0 Å². The van der Waals surface area contributed by atoms with E-state index in [1.165, 1.54) is 56.3 Å². The van der Waals surface area contributed by atoms with Crippen molar-refractivity contribution in [1.82, 2.24) is 4.90 Å². The summed E-state index contributed by atoms with van der Waals surface area (Å²) in [5, 5.41) is 12.3. The lowest BCUT2D eigenvalue weighted by Gasteiger charge is -2.31. The predicted molar refractivity (Wildman–Crippen MR) is 157 cm³/mol. The van der Waals surface area contributed by atoms with Gasteiger partial charge in [-0.1, -0.05) is 37.3 Å². The summed E-state index contributed by atoms with van der Waals surface area (Å²) in [7, 11) is -3.39. The third-order valence-corrected chi connectivity index (χ3v) is 9.50. The van der Waals surface area contributed by atoms with E-state index < -0.39 is 27.5 Å². The first-order chi connectivity index (χ1) is 20.3. The zero-order valence-electron chi connectivity index (χ0n) is 23.9. The Balaban J connectivity index is 1.51. The molecule has 3 aromatic carbocycles. The van der Waals surface area contributed by atoms with Crippen molar-refractivity contribution in [3.05, 3.63) is 82.9 Å². The SMILES string of the molecule is CCS(=O)(=O)c1ccc(CC(=O)Nc2ccc(-c3ccc(CC4CCN(C(C)=O)CC4)c(C#N)c3)c(C(F)(F)F)c2)cc1. The van der Waals surface area contributed by atoms with Crippen molar-refractivity contribution in [2.24, 2.45) is 5.92 Å². The molecule has 0 aliphatic carbocycles. The second-order valence-corrected chi connectivity index (χ2v) is 12.9. The molecule has 7 nitrogen and oxygen atoms in total. The fraction of sp³-hybridized carbons (Fsp3) is 0.344. The van der Waals surface area contributed by atoms with E-state index in [2.05, 4.69) is 11.4 Å². The number of nitrogens with one attached hydrogen (secondary N) is 1. The molecule has 43 heavy (non-hydrogen) atoms. The van der Waals surface area contributed by atoms with Crippen LogP contribution < -0.4 is 5.32 Å². The molecule has 2 amide bonds. The predicted octanol–water partition coefficient (Wildman–Crippen LogP) is 6.02. The van der Waals surface area contributed by atoms with E-state index in [1.54, 1.807) is 17.0 Å². The molecule has 0 saturated carbocycles. The minimum Gasteiger partial charge on any atom is -0.343 e. The summed E-state index contributed by atoms with van der Waals surface area (Å²) < 4.78 is 66.5. The number of hydrogen-bond donors (Lipinski definition) is 1. The van der Waals surface area contributed by atoms with Crippen molar-refractivity contribution in [2.75, 3.05) is 24.2 Å². The lowest BCUT2D eigenvalue weighted by Crippen LogP contribution is -2.37. The van der Waals surface area contributed by atoms with E-state index in [0.29, 0.717) is 30.6 Å². The molecular weight excluding hydrogens is 579 g/mol. The fourth-order valence-electron chi connectivity index (χ4n) is 5.27. The van der Waals surface area contributed by atoms with Crippen LogP contribution in [0.5, 0.6) is 0 Å².